The summed E-state index contributed by atoms with van der Waals surface area (Å²) in [5.41, 5.74) is 1.48. The summed E-state index contributed by atoms with van der Waals surface area (Å²) in [7, 11) is 0. The topological polar surface area (TPSA) is 37.8 Å². The molecule has 1 N–H and O–H groups in total. The fourth-order valence-electron chi connectivity index (χ4n) is 1.90. The van der Waals surface area contributed by atoms with Crippen LogP contribution in [0.15, 0.2) is 22.7 Å². The van der Waals surface area contributed by atoms with E-state index < -0.39 is 5.82 Å². The van der Waals surface area contributed by atoms with Crippen LogP contribution in [-0.2, 0) is 0 Å². The van der Waals surface area contributed by atoms with Crippen LogP contribution < -0.4 is 5.32 Å². The lowest BCUT2D eigenvalue weighted by molar-refractivity contribution is 0.628. The fourth-order valence-corrected chi connectivity index (χ4v) is 2.79. The van der Waals surface area contributed by atoms with Gasteiger partial charge >= 0.3 is 0 Å². The van der Waals surface area contributed by atoms with Crippen LogP contribution in [0.1, 0.15) is 32.4 Å². The van der Waals surface area contributed by atoms with Crippen LogP contribution in [0.5, 0.6) is 0 Å². The molecule has 0 spiro atoms. The summed E-state index contributed by atoms with van der Waals surface area (Å²) in [5, 5.41) is 3.28. The molecule has 0 bridgehead atoms. The van der Waals surface area contributed by atoms with Gasteiger partial charge in [0.1, 0.15) is 11.6 Å². The van der Waals surface area contributed by atoms with Crippen LogP contribution in [0.2, 0.25) is 5.02 Å². The molecule has 0 fully saturated rings. The molecule has 0 atom stereocenters. The third kappa shape index (κ3) is 3.52. The lowest BCUT2D eigenvalue weighted by Gasteiger charge is -2.14. The van der Waals surface area contributed by atoms with Gasteiger partial charge in [-0.05, 0) is 47.0 Å². The van der Waals surface area contributed by atoms with E-state index in [9.17, 15) is 4.39 Å². The molecule has 0 aliphatic carbocycles. The Balaban J connectivity index is 2.59. The average Bonchev–Trinajstić information content (AvgIpc) is 2.44. The smallest absolute Gasteiger partial charge is 0.161 e. The van der Waals surface area contributed by atoms with Crippen LogP contribution in [-0.4, -0.2) is 16.5 Å². The number of benzene rings is 1. The van der Waals surface area contributed by atoms with E-state index in [1.807, 2.05) is 6.92 Å². The molecule has 0 radical (unpaired) electrons. The van der Waals surface area contributed by atoms with E-state index >= 15 is 0 Å². The number of nitrogens with zero attached hydrogens (tertiary/aromatic N) is 2. The van der Waals surface area contributed by atoms with Crippen LogP contribution in [0, 0.1) is 5.82 Å². The SMILES string of the molecule is CCNc1nc(-c2ccc(Cl)c(F)c2)nc(C(C)C)c1Br. The molecule has 0 unspecified atom stereocenters. The number of anilines is 1. The van der Waals surface area contributed by atoms with E-state index in [1.165, 1.54) is 12.1 Å². The maximum absolute atomic E-state index is 13.6. The quantitative estimate of drug-likeness (QED) is 0.796. The van der Waals surface area contributed by atoms with E-state index in [0.717, 1.165) is 16.7 Å². The number of hydrogen-bond acceptors (Lipinski definition) is 3. The molecule has 0 amide bonds. The predicted molar refractivity (Wildman–Crippen MR) is 88.4 cm³/mol. The molecule has 1 aromatic carbocycles. The zero-order valence-electron chi connectivity index (χ0n) is 12.0. The van der Waals surface area contributed by atoms with Gasteiger partial charge < -0.3 is 5.32 Å². The van der Waals surface area contributed by atoms with Gasteiger partial charge in [-0.1, -0.05) is 25.4 Å². The Hall–Kier alpha value is -1.20. The average molecular weight is 373 g/mol. The zero-order valence-corrected chi connectivity index (χ0v) is 14.4. The van der Waals surface area contributed by atoms with E-state index in [0.29, 0.717) is 17.2 Å². The van der Waals surface area contributed by atoms with Gasteiger partial charge in [-0.25, -0.2) is 14.4 Å². The van der Waals surface area contributed by atoms with Crippen LogP contribution in [0.3, 0.4) is 0 Å². The first kappa shape index (κ1) is 16.2. The fraction of sp³-hybridized carbons (Fsp3) is 0.333. The molecular weight excluding hydrogens is 357 g/mol. The molecule has 0 aliphatic heterocycles. The second-order valence-corrected chi connectivity index (χ2v) is 6.11. The van der Waals surface area contributed by atoms with Crippen molar-refractivity contribution >= 4 is 33.3 Å². The van der Waals surface area contributed by atoms with E-state index in [1.54, 1.807) is 6.07 Å². The Morgan fingerprint density at radius 2 is 2.05 bits per heavy atom. The van der Waals surface area contributed by atoms with Gasteiger partial charge in [0.05, 0.1) is 15.2 Å². The molecule has 0 saturated heterocycles. The van der Waals surface area contributed by atoms with Crippen molar-refractivity contribution < 1.29 is 4.39 Å². The Morgan fingerprint density at radius 3 is 2.62 bits per heavy atom. The first-order chi connectivity index (χ1) is 9.93. The molecule has 6 heteroatoms. The maximum atomic E-state index is 13.6. The predicted octanol–water partition coefficient (Wildman–Crippen LogP) is 5.25. The first-order valence-corrected chi connectivity index (χ1v) is 7.87. The van der Waals surface area contributed by atoms with Gasteiger partial charge in [-0.3, -0.25) is 0 Å². The molecule has 0 aliphatic rings. The van der Waals surface area contributed by atoms with Crippen molar-refractivity contribution in [1.82, 2.24) is 9.97 Å². The molecular formula is C15H16BrClFN3. The number of hydrogen-bond donors (Lipinski definition) is 1. The van der Waals surface area contributed by atoms with E-state index in [2.05, 4.69) is 45.1 Å². The highest BCUT2D eigenvalue weighted by Crippen LogP contribution is 2.32. The summed E-state index contributed by atoms with van der Waals surface area (Å²) in [6.07, 6.45) is 0. The molecule has 21 heavy (non-hydrogen) atoms. The minimum absolute atomic E-state index is 0.0897. The standard InChI is InChI=1S/C15H16BrClFN3/c1-4-19-15-12(16)13(8(2)3)20-14(21-15)9-5-6-10(17)11(18)7-9/h5-8H,4H2,1-3H3,(H,19,20,21). The summed E-state index contributed by atoms with van der Waals surface area (Å²) in [5.74, 6) is 0.933. The van der Waals surface area contributed by atoms with Gasteiger partial charge in [-0.15, -0.1) is 0 Å². The molecule has 3 nitrogen and oxygen atoms in total. The zero-order chi connectivity index (χ0) is 15.6. The summed E-state index contributed by atoms with van der Waals surface area (Å²) in [6, 6.07) is 4.58. The van der Waals surface area contributed by atoms with Crippen LogP contribution in [0.4, 0.5) is 10.2 Å². The molecule has 0 saturated carbocycles. The number of rotatable bonds is 4. The van der Waals surface area contributed by atoms with Crippen molar-refractivity contribution in [1.29, 1.82) is 0 Å². The summed E-state index contributed by atoms with van der Waals surface area (Å²) < 4.78 is 14.5. The van der Waals surface area contributed by atoms with Crippen LogP contribution in [0.25, 0.3) is 11.4 Å². The van der Waals surface area contributed by atoms with Crippen molar-refractivity contribution in [3.63, 3.8) is 0 Å². The Bertz CT molecular complexity index is 662. The second kappa shape index (κ2) is 6.71. The molecule has 1 heterocycles. The molecule has 112 valence electrons. The first-order valence-electron chi connectivity index (χ1n) is 6.70. The van der Waals surface area contributed by atoms with Gasteiger partial charge in [0.2, 0.25) is 0 Å². The second-order valence-electron chi connectivity index (χ2n) is 4.91. The highest BCUT2D eigenvalue weighted by molar-refractivity contribution is 9.10. The van der Waals surface area contributed by atoms with Gasteiger partial charge in [0.25, 0.3) is 0 Å². The van der Waals surface area contributed by atoms with Crippen molar-refractivity contribution in [2.45, 2.75) is 26.7 Å². The van der Waals surface area contributed by atoms with Gasteiger partial charge in [0.15, 0.2) is 5.82 Å². The van der Waals surface area contributed by atoms with Crippen molar-refractivity contribution in [3.8, 4) is 11.4 Å². The Labute approximate surface area is 137 Å². The third-order valence-corrected chi connectivity index (χ3v) is 4.03. The van der Waals surface area contributed by atoms with Crippen LogP contribution >= 0.6 is 27.5 Å². The lowest BCUT2D eigenvalue weighted by atomic mass is 10.1. The van der Waals surface area contributed by atoms with Gasteiger partial charge in [-0.2, -0.15) is 0 Å². The minimum Gasteiger partial charge on any atom is -0.369 e. The van der Waals surface area contributed by atoms with E-state index in [4.69, 9.17) is 11.6 Å². The number of halogens is 3. The number of aromatic nitrogens is 2. The van der Waals surface area contributed by atoms with Crippen molar-refractivity contribution in [3.05, 3.63) is 39.2 Å². The van der Waals surface area contributed by atoms with E-state index in [-0.39, 0.29) is 10.9 Å². The summed E-state index contributed by atoms with van der Waals surface area (Å²) in [6.45, 7) is 6.83. The number of nitrogens with one attached hydrogen (secondary N) is 1. The summed E-state index contributed by atoms with van der Waals surface area (Å²) >= 11 is 9.25. The highest BCUT2D eigenvalue weighted by atomic mass is 79.9. The Kier molecular flexibility index (Phi) is 5.17. The third-order valence-electron chi connectivity index (χ3n) is 2.95. The monoisotopic (exact) mass is 371 g/mol. The molecule has 1 aromatic heterocycles. The molecule has 2 aromatic rings. The van der Waals surface area contributed by atoms with Crippen molar-refractivity contribution in [2.24, 2.45) is 0 Å². The maximum Gasteiger partial charge on any atom is 0.161 e. The van der Waals surface area contributed by atoms with Crippen molar-refractivity contribution in [2.75, 3.05) is 11.9 Å². The Morgan fingerprint density at radius 1 is 1.33 bits per heavy atom. The minimum atomic E-state index is -0.475. The largest absolute Gasteiger partial charge is 0.369 e. The lowest BCUT2D eigenvalue weighted by Crippen LogP contribution is -2.07. The highest BCUT2D eigenvalue weighted by Gasteiger charge is 2.16. The molecule has 2 rings (SSSR count). The summed E-state index contributed by atoms with van der Waals surface area (Å²) in [4.78, 5) is 9.02. The van der Waals surface area contributed by atoms with Gasteiger partial charge in [0, 0.05) is 12.1 Å². The normalized spacial score (nSPS) is 11.0.